The zero-order valence-electron chi connectivity index (χ0n) is 13.7. The molecule has 1 aromatic carbocycles. The van der Waals surface area contributed by atoms with Crippen molar-refractivity contribution in [2.45, 2.75) is 11.0 Å². The Morgan fingerprint density at radius 1 is 1.08 bits per heavy atom. The predicted octanol–water partition coefficient (Wildman–Crippen LogP) is 3.48. The highest BCUT2D eigenvalue weighted by Gasteiger charge is 2.13. The molecular weight excluding hydrogens is 354 g/mol. The predicted molar refractivity (Wildman–Crippen MR) is 93.4 cm³/mol. The molecule has 9 heteroatoms. The average molecular weight is 367 g/mol. The second kappa shape index (κ2) is 7.36. The summed E-state index contributed by atoms with van der Waals surface area (Å²) in [7, 11) is 1.55. The molecule has 0 fully saturated rings. The van der Waals surface area contributed by atoms with Gasteiger partial charge in [-0.1, -0.05) is 47.3 Å². The molecule has 3 heterocycles. The first-order chi connectivity index (χ1) is 12.8. The Morgan fingerprint density at radius 3 is 2.81 bits per heavy atom. The first-order valence-corrected chi connectivity index (χ1v) is 8.65. The van der Waals surface area contributed by atoms with E-state index in [0.717, 1.165) is 11.1 Å². The van der Waals surface area contributed by atoms with E-state index in [9.17, 15) is 0 Å². The number of rotatable bonds is 6. The molecule has 0 saturated carbocycles. The Hall–Kier alpha value is -3.20. The van der Waals surface area contributed by atoms with Gasteiger partial charge in [-0.3, -0.25) is 0 Å². The van der Waals surface area contributed by atoms with Gasteiger partial charge in [-0.25, -0.2) is 4.98 Å². The second-order valence-electron chi connectivity index (χ2n) is 5.13. The van der Waals surface area contributed by atoms with Crippen LogP contribution in [-0.4, -0.2) is 32.4 Å². The number of pyridine rings is 1. The van der Waals surface area contributed by atoms with Crippen molar-refractivity contribution in [3.63, 3.8) is 0 Å². The van der Waals surface area contributed by atoms with Crippen molar-refractivity contribution in [2.24, 2.45) is 0 Å². The molecule has 0 atom stereocenters. The van der Waals surface area contributed by atoms with Gasteiger partial charge in [0.2, 0.25) is 23.5 Å². The van der Waals surface area contributed by atoms with Crippen LogP contribution < -0.4 is 4.74 Å². The molecule has 8 nitrogen and oxygen atoms in total. The van der Waals surface area contributed by atoms with Gasteiger partial charge < -0.3 is 13.7 Å². The van der Waals surface area contributed by atoms with Gasteiger partial charge in [-0.15, -0.1) is 10.2 Å². The summed E-state index contributed by atoms with van der Waals surface area (Å²) in [6.07, 6.45) is 1.62. The van der Waals surface area contributed by atoms with Crippen LogP contribution in [0, 0.1) is 0 Å². The molecule has 0 aliphatic rings. The number of ether oxygens (including phenoxy) is 1. The highest BCUT2D eigenvalue weighted by Crippen LogP contribution is 2.27. The number of methoxy groups -OCH3 is 1. The fraction of sp³-hybridized carbons (Fsp3) is 0.118. The monoisotopic (exact) mass is 367 g/mol. The van der Waals surface area contributed by atoms with E-state index in [1.54, 1.807) is 25.4 Å². The number of thioether (sulfide) groups is 1. The zero-order chi connectivity index (χ0) is 17.8. The van der Waals surface area contributed by atoms with Crippen molar-refractivity contribution in [2.75, 3.05) is 7.11 Å². The molecule has 0 aliphatic carbocycles. The quantitative estimate of drug-likeness (QED) is 0.474. The van der Waals surface area contributed by atoms with Crippen LogP contribution >= 0.6 is 11.8 Å². The maximum Gasteiger partial charge on any atom is 0.277 e. The lowest BCUT2D eigenvalue weighted by Gasteiger charge is -1.98. The third-order valence-corrected chi connectivity index (χ3v) is 4.22. The summed E-state index contributed by atoms with van der Waals surface area (Å²) in [4.78, 5) is 8.42. The molecule has 0 spiro atoms. The number of hydrogen-bond acceptors (Lipinski definition) is 9. The van der Waals surface area contributed by atoms with Gasteiger partial charge in [0, 0.05) is 23.4 Å². The van der Waals surface area contributed by atoms with Gasteiger partial charge in [0.1, 0.15) is 0 Å². The Balaban J connectivity index is 1.43. The Bertz CT molecular complexity index is 1000. The van der Waals surface area contributed by atoms with Gasteiger partial charge >= 0.3 is 0 Å². The lowest BCUT2D eigenvalue weighted by Crippen LogP contribution is -1.87. The van der Waals surface area contributed by atoms with Gasteiger partial charge in [0.15, 0.2) is 0 Å². The summed E-state index contributed by atoms with van der Waals surface area (Å²) in [6.45, 7) is 0. The summed E-state index contributed by atoms with van der Waals surface area (Å²) in [5.41, 5.74) is 1.64. The molecular formula is C17H13N5O3S. The molecule has 0 radical (unpaired) electrons. The van der Waals surface area contributed by atoms with E-state index in [2.05, 4.69) is 25.3 Å². The number of hydrogen-bond donors (Lipinski definition) is 0. The summed E-state index contributed by atoms with van der Waals surface area (Å²) in [5, 5.41) is 12.5. The molecule has 0 unspecified atom stereocenters. The van der Waals surface area contributed by atoms with Crippen LogP contribution in [0.3, 0.4) is 0 Å². The maximum absolute atomic E-state index is 5.65. The van der Waals surface area contributed by atoms with Crippen molar-refractivity contribution >= 4 is 11.8 Å². The molecule has 0 amide bonds. The van der Waals surface area contributed by atoms with E-state index in [1.807, 2.05) is 30.3 Å². The molecule has 0 N–H and O–H groups in total. The van der Waals surface area contributed by atoms with Gasteiger partial charge in [0.25, 0.3) is 5.22 Å². The minimum absolute atomic E-state index is 0.392. The summed E-state index contributed by atoms with van der Waals surface area (Å²) >= 11 is 1.32. The normalized spacial score (nSPS) is 10.8. The molecule has 130 valence electrons. The summed E-state index contributed by atoms with van der Waals surface area (Å²) in [5.74, 6) is 2.34. The van der Waals surface area contributed by atoms with E-state index in [-0.39, 0.29) is 0 Å². The van der Waals surface area contributed by atoms with E-state index in [4.69, 9.17) is 13.7 Å². The van der Waals surface area contributed by atoms with Crippen LogP contribution in [0.15, 0.2) is 62.8 Å². The lowest BCUT2D eigenvalue weighted by molar-refractivity contribution is 0.391. The van der Waals surface area contributed by atoms with Crippen molar-refractivity contribution in [3.05, 3.63) is 54.6 Å². The molecule has 3 aromatic heterocycles. The van der Waals surface area contributed by atoms with Crippen LogP contribution in [-0.2, 0) is 5.75 Å². The van der Waals surface area contributed by atoms with Crippen LogP contribution in [0.2, 0.25) is 0 Å². The smallest absolute Gasteiger partial charge is 0.277 e. The first kappa shape index (κ1) is 16.3. The number of benzene rings is 1. The van der Waals surface area contributed by atoms with Gasteiger partial charge in [-0.05, 0) is 6.07 Å². The molecule has 0 saturated heterocycles. The maximum atomic E-state index is 5.65. The average Bonchev–Trinajstić information content (AvgIpc) is 3.37. The van der Waals surface area contributed by atoms with Crippen LogP contribution in [0.1, 0.15) is 5.89 Å². The van der Waals surface area contributed by atoms with Crippen molar-refractivity contribution < 1.29 is 13.7 Å². The molecule has 4 aromatic rings. The Morgan fingerprint density at radius 2 is 1.96 bits per heavy atom. The molecule has 26 heavy (non-hydrogen) atoms. The zero-order valence-corrected chi connectivity index (χ0v) is 14.5. The highest BCUT2D eigenvalue weighted by atomic mass is 32.2. The fourth-order valence-corrected chi connectivity index (χ4v) is 2.78. The summed E-state index contributed by atoms with van der Waals surface area (Å²) < 4.78 is 16.0. The fourth-order valence-electron chi connectivity index (χ4n) is 2.18. The third kappa shape index (κ3) is 3.57. The van der Waals surface area contributed by atoms with Crippen LogP contribution in [0.5, 0.6) is 5.88 Å². The van der Waals surface area contributed by atoms with E-state index >= 15 is 0 Å². The number of nitrogens with zero attached hydrogens (tertiary/aromatic N) is 5. The van der Waals surface area contributed by atoms with Crippen LogP contribution in [0.25, 0.3) is 22.8 Å². The second-order valence-corrected chi connectivity index (χ2v) is 6.05. The minimum Gasteiger partial charge on any atom is -0.481 e. The standard InChI is InChI=1S/C17H13N5O3S/c1-23-13-9-12(7-8-18-13)16-20-21-17(24-16)26-10-14-19-15(22-25-14)11-5-3-2-4-6-11/h2-9H,10H2,1H3. The molecule has 0 aliphatic heterocycles. The van der Waals surface area contributed by atoms with E-state index in [1.165, 1.54) is 11.8 Å². The largest absolute Gasteiger partial charge is 0.481 e. The van der Waals surface area contributed by atoms with Crippen molar-refractivity contribution in [3.8, 4) is 28.7 Å². The highest BCUT2D eigenvalue weighted by molar-refractivity contribution is 7.98. The molecule has 4 rings (SSSR count). The van der Waals surface area contributed by atoms with Crippen molar-refractivity contribution in [1.29, 1.82) is 0 Å². The third-order valence-electron chi connectivity index (χ3n) is 3.42. The minimum atomic E-state index is 0.392. The number of aromatic nitrogens is 5. The Kier molecular flexibility index (Phi) is 4.61. The topological polar surface area (TPSA) is 100.0 Å². The van der Waals surface area contributed by atoms with Crippen LogP contribution in [0.4, 0.5) is 0 Å². The summed E-state index contributed by atoms with van der Waals surface area (Å²) in [6, 6.07) is 13.1. The van der Waals surface area contributed by atoms with Gasteiger partial charge in [-0.2, -0.15) is 4.98 Å². The first-order valence-electron chi connectivity index (χ1n) is 7.66. The Labute approximate surface area is 152 Å². The SMILES string of the molecule is COc1cc(-c2nnc(SCc3nc(-c4ccccc4)no3)o2)ccn1. The van der Waals surface area contributed by atoms with E-state index in [0.29, 0.717) is 34.5 Å². The van der Waals surface area contributed by atoms with Gasteiger partial charge in [0.05, 0.1) is 12.9 Å². The lowest BCUT2D eigenvalue weighted by atomic mass is 10.2. The molecule has 0 bridgehead atoms. The van der Waals surface area contributed by atoms with E-state index < -0.39 is 0 Å². The van der Waals surface area contributed by atoms with Crippen molar-refractivity contribution in [1.82, 2.24) is 25.3 Å².